The third kappa shape index (κ3) is 2.85. The van der Waals surface area contributed by atoms with Crippen LogP contribution in [0.25, 0.3) is 0 Å². The molecule has 1 aromatic rings. The molecule has 20 heavy (non-hydrogen) atoms. The Morgan fingerprint density at radius 2 is 2.00 bits per heavy atom. The molecule has 2 rings (SSSR count). The fourth-order valence-corrected chi connectivity index (χ4v) is 3.83. The first-order valence-corrected chi connectivity index (χ1v) is 7.71. The Morgan fingerprint density at radius 3 is 2.50 bits per heavy atom. The first-order chi connectivity index (χ1) is 9.41. The molecule has 1 aliphatic carbocycles. The van der Waals surface area contributed by atoms with Gasteiger partial charge >= 0.3 is 5.97 Å². The van der Waals surface area contributed by atoms with Crippen molar-refractivity contribution in [3.8, 4) is 0 Å². The molecule has 2 unspecified atom stereocenters. The minimum atomic E-state index is -1.14. The fraction of sp³-hybridized carbons (Fsp3) is 0.643. The zero-order valence-corrected chi connectivity index (χ0v) is 12.9. The predicted molar refractivity (Wildman–Crippen MR) is 78.9 cm³/mol. The maximum absolute atomic E-state index is 11.5. The normalized spacial score (nSPS) is 22.6. The molecule has 1 aromatic heterocycles. The molecule has 1 saturated carbocycles. The van der Waals surface area contributed by atoms with Crippen LogP contribution >= 0.6 is 11.3 Å². The van der Waals surface area contributed by atoms with E-state index in [-0.39, 0.29) is 16.4 Å². The van der Waals surface area contributed by atoms with Crippen molar-refractivity contribution in [1.82, 2.24) is 4.98 Å². The summed E-state index contributed by atoms with van der Waals surface area (Å²) in [6, 6.07) is 0.372. The van der Waals surface area contributed by atoms with E-state index in [1.165, 1.54) is 37.5 Å². The van der Waals surface area contributed by atoms with Gasteiger partial charge in [0.25, 0.3) is 0 Å². The Morgan fingerprint density at radius 1 is 1.35 bits per heavy atom. The highest BCUT2D eigenvalue weighted by molar-refractivity contribution is 7.17. The standard InChI is InChI=1S/C14H20N2O3S/c1-8-6-4-5-7-10(8)16(3)14-15-11(13(18)19)12(20-14)9(2)17/h8,10H,4-7H2,1-3H3,(H,18,19). The zero-order valence-electron chi connectivity index (χ0n) is 12.0. The van der Waals surface area contributed by atoms with E-state index in [2.05, 4.69) is 11.9 Å². The van der Waals surface area contributed by atoms with Gasteiger partial charge in [-0.05, 0) is 18.8 Å². The number of hydrogen-bond acceptors (Lipinski definition) is 5. The second-order valence-electron chi connectivity index (χ2n) is 5.48. The van der Waals surface area contributed by atoms with E-state index >= 15 is 0 Å². The van der Waals surface area contributed by atoms with Crippen LogP contribution in [-0.2, 0) is 0 Å². The molecule has 1 heterocycles. The van der Waals surface area contributed by atoms with Gasteiger partial charge in [0.15, 0.2) is 16.6 Å². The quantitative estimate of drug-likeness (QED) is 0.865. The van der Waals surface area contributed by atoms with Gasteiger partial charge in [0.05, 0.1) is 0 Å². The van der Waals surface area contributed by atoms with Gasteiger partial charge in [-0.2, -0.15) is 0 Å². The summed E-state index contributed by atoms with van der Waals surface area (Å²) in [5, 5.41) is 9.78. The van der Waals surface area contributed by atoms with Crippen LogP contribution in [0.3, 0.4) is 0 Å². The lowest BCUT2D eigenvalue weighted by atomic mass is 9.85. The van der Waals surface area contributed by atoms with Crippen molar-refractivity contribution in [3.63, 3.8) is 0 Å². The van der Waals surface area contributed by atoms with Crippen molar-refractivity contribution >= 4 is 28.2 Å². The molecule has 0 saturated heterocycles. The second kappa shape index (κ2) is 5.91. The van der Waals surface area contributed by atoms with Crippen LogP contribution in [0.4, 0.5) is 5.13 Å². The van der Waals surface area contributed by atoms with Crippen molar-refractivity contribution in [1.29, 1.82) is 0 Å². The molecule has 0 aromatic carbocycles. The monoisotopic (exact) mass is 296 g/mol. The number of ketones is 1. The molecule has 1 N–H and O–H groups in total. The lowest BCUT2D eigenvalue weighted by Crippen LogP contribution is -2.38. The Balaban J connectivity index is 2.30. The fourth-order valence-electron chi connectivity index (χ4n) is 2.86. The first-order valence-electron chi connectivity index (χ1n) is 6.89. The topological polar surface area (TPSA) is 70.5 Å². The number of hydrogen-bond donors (Lipinski definition) is 1. The third-order valence-corrected chi connectivity index (χ3v) is 5.25. The lowest BCUT2D eigenvalue weighted by molar-refractivity contribution is 0.0687. The highest BCUT2D eigenvalue weighted by atomic mass is 32.1. The van der Waals surface area contributed by atoms with E-state index in [9.17, 15) is 9.59 Å². The summed E-state index contributed by atoms with van der Waals surface area (Å²) in [6.45, 7) is 3.60. The number of carboxylic acids is 1. The van der Waals surface area contributed by atoms with Gasteiger partial charge < -0.3 is 10.0 Å². The summed E-state index contributed by atoms with van der Waals surface area (Å²) in [7, 11) is 1.95. The summed E-state index contributed by atoms with van der Waals surface area (Å²) >= 11 is 1.18. The van der Waals surface area contributed by atoms with E-state index in [0.29, 0.717) is 17.1 Å². The van der Waals surface area contributed by atoms with E-state index in [4.69, 9.17) is 5.11 Å². The van der Waals surface area contributed by atoms with Gasteiger partial charge in [-0.3, -0.25) is 4.79 Å². The minimum absolute atomic E-state index is 0.118. The number of carbonyl (C=O) groups excluding carboxylic acids is 1. The molecule has 0 amide bonds. The van der Waals surface area contributed by atoms with Gasteiger partial charge in [-0.15, -0.1) is 0 Å². The van der Waals surface area contributed by atoms with Crippen LogP contribution in [-0.4, -0.2) is 34.9 Å². The van der Waals surface area contributed by atoms with Crippen LogP contribution in [0.1, 0.15) is 59.7 Å². The highest BCUT2D eigenvalue weighted by Crippen LogP contribution is 2.33. The van der Waals surface area contributed by atoms with Gasteiger partial charge in [-0.1, -0.05) is 31.1 Å². The summed E-state index contributed by atoms with van der Waals surface area (Å²) in [5.74, 6) is -0.814. The number of aromatic carboxylic acids is 1. The SMILES string of the molecule is CC(=O)c1sc(N(C)C2CCCCC2C)nc1C(=O)O. The number of thiazole rings is 1. The van der Waals surface area contributed by atoms with Crippen molar-refractivity contribution in [2.45, 2.75) is 45.6 Å². The molecule has 0 bridgehead atoms. The van der Waals surface area contributed by atoms with E-state index in [1.807, 2.05) is 11.9 Å². The van der Waals surface area contributed by atoms with Gasteiger partial charge in [0.1, 0.15) is 4.88 Å². The van der Waals surface area contributed by atoms with Gasteiger partial charge in [0, 0.05) is 20.0 Å². The number of anilines is 1. The van der Waals surface area contributed by atoms with Crippen molar-refractivity contribution in [3.05, 3.63) is 10.6 Å². The molecular formula is C14H20N2O3S. The third-order valence-electron chi connectivity index (χ3n) is 4.00. The highest BCUT2D eigenvalue weighted by Gasteiger charge is 2.29. The van der Waals surface area contributed by atoms with Gasteiger partial charge in [-0.25, -0.2) is 9.78 Å². The van der Waals surface area contributed by atoms with E-state index in [1.54, 1.807) is 0 Å². The Hall–Kier alpha value is -1.43. The zero-order chi connectivity index (χ0) is 14.9. The minimum Gasteiger partial charge on any atom is -0.476 e. The molecule has 110 valence electrons. The van der Waals surface area contributed by atoms with Crippen LogP contribution < -0.4 is 4.90 Å². The van der Waals surface area contributed by atoms with Crippen LogP contribution in [0.5, 0.6) is 0 Å². The molecule has 2 atom stereocenters. The average Bonchev–Trinajstić information content (AvgIpc) is 2.84. The molecule has 1 aliphatic rings. The molecule has 0 radical (unpaired) electrons. The van der Waals surface area contributed by atoms with Gasteiger partial charge in [0.2, 0.25) is 0 Å². The predicted octanol–water partition coefficient (Wildman–Crippen LogP) is 3.06. The van der Waals surface area contributed by atoms with E-state index in [0.717, 1.165) is 6.42 Å². The largest absolute Gasteiger partial charge is 0.476 e. The molecule has 0 aliphatic heterocycles. The van der Waals surface area contributed by atoms with Crippen LogP contribution in [0.2, 0.25) is 0 Å². The number of aromatic nitrogens is 1. The second-order valence-corrected chi connectivity index (χ2v) is 6.45. The van der Waals surface area contributed by atoms with E-state index < -0.39 is 5.97 Å². The summed E-state index contributed by atoms with van der Waals surface area (Å²) in [6.07, 6.45) is 4.72. The molecular weight excluding hydrogens is 276 g/mol. The van der Waals surface area contributed by atoms with Crippen molar-refractivity contribution < 1.29 is 14.7 Å². The summed E-state index contributed by atoms with van der Waals surface area (Å²) < 4.78 is 0. The summed E-state index contributed by atoms with van der Waals surface area (Å²) in [4.78, 5) is 29.2. The molecule has 0 spiro atoms. The van der Waals surface area contributed by atoms with Crippen LogP contribution in [0.15, 0.2) is 0 Å². The number of carboxylic acid groups (broad SMARTS) is 1. The Bertz CT molecular complexity index is 495. The lowest BCUT2D eigenvalue weighted by Gasteiger charge is -2.36. The summed E-state index contributed by atoms with van der Waals surface area (Å²) in [5.41, 5.74) is -0.118. The first kappa shape index (κ1) is 15.0. The smallest absolute Gasteiger partial charge is 0.356 e. The molecule has 6 heteroatoms. The Kier molecular flexibility index (Phi) is 4.42. The molecule has 5 nitrogen and oxygen atoms in total. The maximum atomic E-state index is 11.5. The maximum Gasteiger partial charge on any atom is 0.356 e. The van der Waals surface area contributed by atoms with Crippen molar-refractivity contribution in [2.24, 2.45) is 5.92 Å². The van der Waals surface area contributed by atoms with Crippen LogP contribution in [0, 0.1) is 5.92 Å². The number of nitrogens with zero attached hydrogens (tertiary/aromatic N) is 2. The average molecular weight is 296 g/mol. The number of carbonyl (C=O) groups is 2. The van der Waals surface area contributed by atoms with Crippen molar-refractivity contribution in [2.75, 3.05) is 11.9 Å². The Labute approximate surface area is 122 Å². The number of Topliss-reactive ketones (excluding diaryl/α,β-unsaturated/α-hetero) is 1. The number of rotatable bonds is 4. The molecule has 1 fully saturated rings.